The van der Waals surface area contributed by atoms with Crippen LogP contribution in [-0.4, -0.2) is 54.6 Å². The quantitative estimate of drug-likeness (QED) is 0.650. The summed E-state index contributed by atoms with van der Waals surface area (Å²) in [5.74, 6) is 1.21. The van der Waals surface area contributed by atoms with Gasteiger partial charge in [0.2, 0.25) is 0 Å². The minimum atomic E-state index is -0.381. The highest BCUT2D eigenvalue weighted by molar-refractivity contribution is 5.55. The number of nitro groups is 1. The number of rotatable bonds is 4. The van der Waals surface area contributed by atoms with Crippen LogP contribution in [0.3, 0.4) is 0 Å². The number of piperazine rings is 1. The summed E-state index contributed by atoms with van der Waals surface area (Å²) >= 11 is 0. The van der Waals surface area contributed by atoms with Gasteiger partial charge in [-0.25, -0.2) is 4.98 Å². The SMILES string of the molecule is CCN1CCN(c2cc([N+](=O)[O-])cc(NC)n2)CC1. The Morgan fingerprint density at radius 3 is 2.58 bits per heavy atom. The fourth-order valence-corrected chi connectivity index (χ4v) is 2.19. The standard InChI is InChI=1S/C12H19N5O2/c1-3-15-4-6-16(7-5-15)12-9-10(17(18)19)8-11(13-2)14-12/h8-9H,3-7H2,1-2H3,(H,13,14). The summed E-state index contributed by atoms with van der Waals surface area (Å²) in [6, 6.07) is 2.99. The topological polar surface area (TPSA) is 74.5 Å². The molecular formula is C12H19N5O2. The summed E-state index contributed by atoms with van der Waals surface area (Å²) in [4.78, 5) is 19.4. The van der Waals surface area contributed by atoms with Crippen LogP contribution in [0, 0.1) is 10.1 Å². The van der Waals surface area contributed by atoms with E-state index in [1.807, 2.05) is 0 Å². The molecule has 19 heavy (non-hydrogen) atoms. The van der Waals surface area contributed by atoms with Crippen molar-refractivity contribution in [3.05, 3.63) is 22.2 Å². The normalized spacial score (nSPS) is 16.4. The van der Waals surface area contributed by atoms with Gasteiger partial charge in [-0.05, 0) is 6.54 Å². The van der Waals surface area contributed by atoms with Crippen molar-refractivity contribution in [1.82, 2.24) is 9.88 Å². The van der Waals surface area contributed by atoms with Gasteiger partial charge in [-0.2, -0.15) is 0 Å². The summed E-state index contributed by atoms with van der Waals surface area (Å²) in [6.45, 7) is 6.82. The van der Waals surface area contributed by atoms with E-state index in [1.54, 1.807) is 13.1 Å². The number of likely N-dealkylation sites (N-methyl/N-ethyl adjacent to an activating group) is 1. The predicted octanol–water partition coefficient (Wildman–Crippen LogP) is 1.17. The zero-order valence-electron chi connectivity index (χ0n) is 11.3. The first-order chi connectivity index (χ1) is 9.13. The van der Waals surface area contributed by atoms with Gasteiger partial charge in [0.1, 0.15) is 11.6 Å². The minimum Gasteiger partial charge on any atom is -0.373 e. The van der Waals surface area contributed by atoms with Gasteiger partial charge in [-0.3, -0.25) is 10.1 Å². The Hall–Kier alpha value is -1.89. The fraction of sp³-hybridized carbons (Fsp3) is 0.583. The molecule has 7 nitrogen and oxygen atoms in total. The van der Waals surface area contributed by atoms with Crippen LogP contribution in [0.4, 0.5) is 17.3 Å². The molecule has 1 aliphatic heterocycles. The van der Waals surface area contributed by atoms with E-state index in [4.69, 9.17) is 0 Å². The second-order valence-electron chi connectivity index (χ2n) is 4.50. The lowest BCUT2D eigenvalue weighted by Crippen LogP contribution is -2.46. The van der Waals surface area contributed by atoms with E-state index in [2.05, 4.69) is 27.0 Å². The summed E-state index contributed by atoms with van der Waals surface area (Å²) in [6.07, 6.45) is 0. The molecule has 0 spiro atoms. The van der Waals surface area contributed by atoms with Crippen LogP contribution < -0.4 is 10.2 Å². The predicted molar refractivity (Wildman–Crippen MR) is 74.8 cm³/mol. The van der Waals surface area contributed by atoms with E-state index >= 15 is 0 Å². The number of nitrogens with zero attached hydrogens (tertiary/aromatic N) is 4. The van der Waals surface area contributed by atoms with Gasteiger partial charge in [0.15, 0.2) is 0 Å². The lowest BCUT2D eigenvalue weighted by molar-refractivity contribution is -0.384. The second-order valence-corrected chi connectivity index (χ2v) is 4.50. The summed E-state index contributed by atoms with van der Waals surface area (Å²) in [5.41, 5.74) is 0.0762. The molecule has 0 atom stereocenters. The van der Waals surface area contributed by atoms with E-state index in [0.29, 0.717) is 11.6 Å². The van der Waals surface area contributed by atoms with E-state index in [9.17, 15) is 10.1 Å². The maximum atomic E-state index is 10.9. The first kappa shape index (κ1) is 13.5. The molecule has 1 N–H and O–H groups in total. The van der Waals surface area contributed by atoms with Gasteiger partial charge in [0.25, 0.3) is 5.69 Å². The highest BCUT2D eigenvalue weighted by atomic mass is 16.6. The third kappa shape index (κ3) is 3.11. The van der Waals surface area contributed by atoms with Crippen LogP contribution in [0.1, 0.15) is 6.92 Å². The van der Waals surface area contributed by atoms with Crippen molar-refractivity contribution >= 4 is 17.3 Å². The summed E-state index contributed by atoms with van der Waals surface area (Å²) < 4.78 is 0. The van der Waals surface area contributed by atoms with Gasteiger partial charge < -0.3 is 15.1 Å². The molecule has 1 fully saturated rings. The van der Waals surface area contributed by atoms with Crippen LogP contribution in [0.5, 0.6) is 0 Å². The highest BCUT2D eigenvalue weighted by Crippen LogP contribution is 2.23. The number of hydrogen-bond donors (Lipinski definition) is 1. The maximum absolute atomic E-state index is 10.9. The molecule has 1 aliphatic rings. The van der Waals surface area contributed by atoms with Crippen LogP contribution >= 0.6 is 0 Å². The van der Waals surface area contributed by atoms with Crippen molar-refractivity contribution in [3.8, 4) is 0 Å². The van der Waals surface area contributed by atoms with Gasteiger partial charge in [0, 0.05) is 33.2 Å². The Morgan fingerprint density at radius 2 is 2.05 bits per heavy atom. The first-order valence-electron chi connectivity index (χ1n) is 6.45. The third-order valence-electron chi connectivity index (χ3n) is 3.41. The monoisotopic (exact) mass is 265 g/mol. The number of pyridine rings is 1. The molecule has 104 valence electrons. The molecule has 1 saturated heterocycles. The van der Waals surface area contributed by atoms with Crippen molar-refractivity contribution in [1.29, 1.82) is 0 Å². The van der Waals surface area contributed by atoms with Gasteiger partial charge >= 0.3 is 0 Å². The molecule has 0 saturated carbocycles. The average Bonchev–Trinajstić information content (AvgIpc) is 2.46. The molecule has 0 radical (unpaired) electrons. The smallest absolute Gasteiger partial charge is 0.276 e. The Bertz CT molecular complexity index is 457. The zero-order chi connectivity index (χ0) is 13.8. The van der Waals surface area contributed by atoms with E-state index in [-0.39, 0.29) is 10.6 Å². The maximum Gasteiger partial charge on any atom is 0.276 e. The van der Waals surface area contributed by atoms with Gasteiger partial charge in [0.05, 0.1) is 17.1 Å². The molecule has 0 aromatic carbocycles. The molecule has 7 heteroatoms. The van der Waals surface area contributed by atoms with Crippen molar-refractivity contribution in [2.45, 2.75) is 6.92 Å². The second kappa shape index (κ2) is 5.83. The van der Waals surface area contributed by atoms with E-state index in [0.717, 1.165) is 32.7 Å². The van der Waals surface area contributed by atoms with Crippen LogP contribution in [0.25, 0.3) is 0 Å². The summed E-state index contributed by atoms with van der Waals surface area (Å²) in [7, 11) is 1.71. The number of aromatic nitrogens is 1. The summed E-state index contributed by atoms with van der Waals surface area (Å²) in [5, 5.41) is 13.8. The van der Waals surface area contributed by atoms with Crippen molar-refractivity contribution in [2.75, 3.05) is 50.0 Å². The molecular weight excluding hydrogens is 246 g/mol. The first-order valence-corrected chi connectivity index (χ1v) is 6.45. The van der Waals surface area contributed by atoms with Crippen molar-refractivity contribution in [2.24, 2.45) is 0 Å². The largest absolute Gasteiger partial charge is 0.373 e. The highest BCUT2D eigenvalue weighted by Gasteiger charge is 2.19. The number of hydrogen-bond acceptors (Lipinski definition) is 6. The molecule has 2 rings (SSSR count). The van der Waals surface area contributed by atoms with Crippen molar-refractivity contribution in [3.63, 3.8) is 0 Å². The average molecular weight is 265 g/mol. The Morgan fingerprint density at radius 1 is 1.37 bits per heavy atom. The number of anilines is 2. The fourth-order valence-electron chi connectivity index (χ4n) is 2.19. The van der Waals surface area contributed by atoms with E-state index < -0.39 is 0 Å². The molecule has 2 heterocycles. The lowest BCUT2D eigenvalue weighted by Gasteiger charge is -2.34. The van der Waals surface area contributed by atoms with Crippen molar-refractivity contribution < 1.29 is 4.92 Å². The Labute approximate surface area is 112 Å². The Kier molecular flexibility index (Phi) is 4.16. The molecule has 1 aromatic rings. The lowest BCUT2D eigenvalue weighted by atomic mass is 10.3. The van der Waals surface area contributed by atoms with Gasteiger partial charge in [-0.1, -0.05) is 6.92 Å². The van der Waals surface area contributed by atoms with Crippen LogP contribution in [0.2, 0.25) is 0 Å². The zero-order valence-corrected chi connectivity index (χ0v) is 11.3. The van der Waals surface area contributed by atoms with Crippen LogP contribution in [-0.2, 0) is 0 Å². The molecule has 0 unspecified atom stereocenters. The molecule has 0 amide bonds. The molecule has 1 aromatic heterocycles. The Balaban J connectivity index is 2.20. The van der Waals surface area contributed by atoms with Gasteiger partial charge in [-0.15, -0.1) is 0 Å². The van der Waals surface area contributed by atoms with E-state index in [1.165, 1.54) is 6.07 Å². The third-order valence-corrected chi connectivity index (χ3v) is 3.41. The van der Waals surface area contributed by atoms with Crippen LogP contribution in [0.15, 0.2) is 12.1 Å². The minimum absolute atomic E-state index is 0.0762. The molecule has 0 aliphatic carbocycles. The number of nitrogens with one attached hydrogen (secondary N) is 1. The molecule has 0 bridgehead atoms.